The van der Waals surface area contributed by atoms with Gasteiger partial charge in [0, 0.05) is 22.5 Å². The van der Waals surface area contributed by atoms with E-state index in [2.05, 4.69) is 10.3 Å². The predicted molar refractivity (Wildman–Crippen MR) is 82.4 cm³/mol. The van der Waals surface area contributed by atoms with Gasteiger partial charge in [-0.05, 0) is 24.6 Å². The number of nitrogens with zero attached hydrogens (tertiary/aromatic N) is 2. The third-order valence-electron chi connectivity index (χ3n) is 2.86. The summed E-state index contributed by atoms with van der Waals surface area (Å²) in [5.41, 5.74) is 6.52. The average Bonchev–Trinajstić information content (AvgIpc) is 2.42. The second-order valence-corrected chi connectivity index (χ2v) is 4.88. The zero-order valence-corrected chi connectivity index (χ0v) is 12.2. The molecule has 1 aromatic carbocycles. The van der Waals surface area contributed by atoms with E-state index in [1.54, 1.807) is 24.3 Å². The highest BCUT2D eigenvalue weighted by atomic mass is 35.5. The van der Waals surface area contributed by atoms with Crippen LogP contribution in [0.3, 0.4) is 0 Å². The molecule has 0 unspecified atom stereocenters. The van der Waals surface area contributed by atoms with Crippen LogP contribution in [-0.2, 0) is 17.8 Å². The van der Waals surface area contributed by atoms with Gasteiger partial charge in [0.25, 0.3) is 5.56 Å². The fourth-order valence-corrected chi connectivity index (χ4v) is 2.01. The fraction of sp³-hybridized carbons (Fsp3) is 0.214. The summed E-state index contributed by atoms with van der Waals surface area (Å²) in [6.07, 6.45) is 0.606. The molecule has 0 atom stereocenters. The largest absolute Gasteiger partial charge is 0.369 e. The lowest BCUT2D eigenvalue weighted by atomic mass is 10.3. The van der Waals surface area contributed by atoms with Gasteiger partial charge in [0.15, 0.2) is 0 Å². The number of rotatable bonds is 4. The Kier molecular flexibility index (Phi) is 4.59. The summed E-state index contributed by atoms with van der Waals surface area (Å²) in [6, 6.07) is 8.12. The molecule has 6 nitrogen and oxygen atoms in total. The third kappa shape index (κ3) is 3.82. The van der Waals surface area contributed by atoms with E-state index in [1.807, 2.05) is 6.92 Å². The molecule has 2 rings (SSSR count). The van der Waals surface area contributed by atoms with Crippen molar-refractivity contribution in [3.05, 3.63) is 51.4 Å². The number of nitrogens with one attached hydrogen (secondary N) is 1. The van der Waals surface area contributed by atoms with Gasteiger partial charge in [0.1, 0.15) is 6.54 Å². The number of halogens is 1. The molecule has 7 heteroatoms. The summed E-state index contributed by atoms with van der Waals surface area (Å²) in [7, 11) is 0. The van der Waals surface area contributed by atoms with Crippen molar-refractivity contribution in [3.8, 4) is 0 Å². The Bertz CT molecular complexity index is 727. The van der Waals surface area contributed by atoms with Gasteiger partial charge in [-0.3, -0.25) is 14.2 Å². The molecule has 0 fully saturated rings. The number of hydrogen-bond donors (Lipinski definition) is 2. The first kappa shape index (κ1) is 15.1. The Morgan fingerprint density at radius 2 is 2.19 bits per heavy atom. The lowest BCUT2D eigenvalue weighted by Gasteiger charge is -2.10. The smallest absolute Gasteiger partial charge is 0.255 e. The van der Waals surface area contributed by atoms with Gasteiger partial charge < -0.3 is 11.1 Å². The molecule has 3 N–H and O–H groups in total. The number of nitrogen functional groups attached to an aromatic ring is 1. The average molecular weight is 307 g/mol. The van der Waals surface area contributed by atoms with Crippen molar-refractivity contribution >= 4 is 29.1 Å². The molecule has 0 saturated carbocycles. The van der Waals surface area contributed by atoms with E-state index in [4.69, 9.17) is 17.3 Å². The van der Waals surface area contributed by atoms with E-state index in [-0.39, 0.29) is 24.0 Å². The van der Waals surface area contributed by atoms with Gasteiger partial charge in [-0.25, -0.2) is 4.98 Å². The lowest BCUT2D eigenvalue weighted by molar-refractivity contribution is -0.116. The Morgan fingerprint density at radius 3 is 2.81 bits per heavy atom. The summed E-state index contributed by atoms with van der Waals surface area (Å²) in [4.78, 5) is 27.9. The number of carbonyl (C=O) groups is 1. The first-order chi connectivity index (χ1) is 9.99. The van der Waals surface area contributed by atoms with Crippen LogP contribution in [0.25, 0.3) is 0 Å². The summed E-state index contributed by atoms with van der Waals surface area (Å²) in [6.45, 7) is 1.67. The van der Waals surface area contributed by atoms with Gasteiger partial charge >= 0.3 is 0 Å². The molecule has 0 aliphatic carbocycles. The number of hydrogen-bond acceptors (Lipinski definition) is 4. The SMILES string of the molecule is CCc1cc(=O)n(CC(=O)Nc2cccc(Cl)c2)c(N)n1. The van der Waals surface area contributed by atoms with Crippen molar-refractivity contribution in [1.82, 2.24) is 9.55 Å². The lowest BCUT2D eigenvalue weighted by Crippen LogP contribution is -2.30. The van der Waals surface area contributed by atoms with E-state index in [0.717, 1.165) is 4.57 Å². The van der Waals surface area contributed by atoms with Gasteiger partial charge in [-0.2, -0.15) is 0 Å². The molecule has 1 amide bonds. The standard InChI is InChI=1S/C14H15ClN4O2/c1-2-10-7-13(21)19(14(16)18-10)8-12(20)17-11-5-3-4-9(15)6-11/h3-7H,2,8H2,1H3,(H2,16,18)(H,17,20). The summed E-state index contributed by atoms with van der Waals surface area (Å²) in [5.74, 6) is -0.349. The minimum Gasteiger partial charge on any atom is -0.369 e. The van der Waals surface area contributed by atoms with E-state index < -0.39 is 0 Å². The van der Waals surface area contributed by atoms with Crippen molar-refractivity contribution in [2.75, 3.05) is 11.1 Å². The van der Waals surface area contributed by atoms with Crippen LogP contribution >= 0.6 is 11.6 Å². The van der Waals surface area contributed by atoms with Crippen LogP contribution in [0.2, 0.25) is 5.02 Å². The maximum atomic E-state index is 12.0. The molecule has 2 aromatic rings. The molecule has 21 heavy (non-hydrogen) atoms. The minimum atomic E-state index is -0.378. The van der Waals surface area contributed by atoms with Crippen molar-refractivity contribution in [2.24, 2.45) is 0 Å². The molecule has 0 aliphatic heterocycles. The van der Waals surface area contributed by atoms with Gasteiger partial charge in [0.05, 0.1) is 0 Å². The van der Waals surface area contributed by atoms with Crippen molar-refractivity contribution < 1.29 is 4.79 Å². The number of nitrogens with two attached hydrogens (primary N) is 1. The number of carbonyl (C=O) groups excluding carboxylic acids is 1. The van der Waals surface area contributed by atoms with E-state index in [9.17, 15) is 9.59 Å². The van der Waals surface area contributed by atoms with Crippen LogP contribution < -0.4 is 16.6 Å². The first-order valence-electron chi connectivity index (χ1n) is 6.41. The minimum absolute atomic E-state index is 0.0283. The molecule has 0 saturated heterocycles. The van der Waals surface area contributed by atoms with E-state index >= 15 is 0 Å². The van der Waals surface area contributed by atoms with Crippen LogP contribution in [0.15, 0.2) is 35.1 Å². The van der Waals surface area contributed by atoms with Crippen LogP contribution in [0.1, 0.15) is 12.6 Å². The Labute approximate surface area is 126 Å². The number of amides is 1. The van der Waals surface area contributed by atoms with E-state index in [0.29, 0.717) is 22.8 Å². The summed E-state index contributed by atoms with van der Waals surface area (Å²) in [5, 5.41) is 3.16. The molecule has 0 spiro atoms. The highest BCUT2D eigenvalue weighted by molar-refractivity contribution is 6.30. The topological polar surface area (TPSA) is 90.0 Å². The quantitative estimate of drug-likeness (QED) is 0.899. The van der Waals surface area contributed by atoms with Gasteiger partial charge in [-0.15, -0.1) is 0 Å². The van der Waals surface area contributed by atoms with Crippen molar-refractivity contribution in [3.63, 3.8) is 0 Å². The Morgan fingerprint density at radius 1 is 1.43 bits per heavy atom. The molecule has 0 aliphatic rings. The molecule has 1 heterocycles. The summed E-state index contributed by atoms with van der Waals surface area (Å²) >= 11 is 5.84. The van der Waals surface area contributed by atoms with Crippen LogP contribution in [0.5, 0.6) is 0 Å². The van der Waals surface area contributed by atoms with Gasteiger partial charge in [0.2, 0.25) is 11.9 Å². The zero-order valence-electron chi connectivity index (χ0n) is 11.5. The molecule has 1 aromatic heterocycles. The Hall–Kier alpha value is -2.34. The van der Waals surface area contributed by atoms with E-state index in [1.165, 1.54) is 6.07 Å². The summed E-state index contributed by atoms with van der Waals surface area (Å²) < 4.78 is 1.12. The number of anilines is 2. The third-order valence-corrected chi connectivity index (χ3v) is 3.10. The number of aromatic nitrogens is 2. The second-order valence-electron chi connectivity index (χ2n) is 4.44. The maximum Gasteiger partial charge on any atom is 0.255 e. The van der Waals surface area contributed by atoms with Crippen LogP contribution in [-0.4, -0.2) is 15.5 Å². The normalized spacial score (nSPS) is 10.4. The highest BCUT2D eigenvalue weighted by Gasteiger charge is 2.10. The van der Waals surface area contributed by atoms with Crippen LogP contribution in [0.4, 0.5) is 11.6 Å². The molecule has 0 bridgehead atoms. The maximum absolute atomic E-state index is 12.0. The van der Waals surface area contributed by atoms with Crippen molar-refractivity contribution in [2.45, 2.75) is 19.9 Å². The second kappa shape index (κ2) is 6.41. The number of benzene rings is 1. The predicted octanol–water partition coefficient (Wildman–Crippen LogP) is 1.68. The molecule has 110 valence electrons. The molecular formula is C14H15ClN4O2. The molecule has 0 radical (unpaired) electrons. The Balaban J connectivity index is 2.15. The highest BCUT2D eigenvalue weighted by Crippen LogP contribution is 2.14. The number of aryl methyl sites for hydroxylation is 1. The fourth-order valence-electron chi connectivity index (χ4n) is 1.82. The first-order valence-corrected chi connectivity index (χ1v) is 6.79. The zero-order chi connectivity index (χ0) is 15.4. The van der Waals surface area contributed by atoms with Crippen LogP contribution in [0, 0.1) is 0 Å². The van der Waals surface area contributed by atoms with Gasteiger partial charge in [-0.1, -0.05) is 24.6 Å². The van der Waals surface area contributed by atoms with Crippen molar-refractivity contribution in [1.29, 1.82) is 0 Å². The monoisotopic (exact) mass is 306 g/mol. The molecular weight excluding hydrogens is 292 g/mol.